The molecule has 29 heavy (non-hydrogen) atoms. The molecule has 2 heterocycles. The second-order valence-corrected chi connectivity index (χ2v) is 9.91. The number of anilines is 2. The highest BCUT2D eigenvalue weighted by Crippen LogP contribution is 2.54. The SMILES string of the molecule is CC1(C)CC2CC(C)(CN2c2ncnc(NCc3ccc(Cl)cc3)c2[N+](=O)[O-])C1. The van der Waals surface area contributed by atoms with E-state index in [9.17, 15) is 10.1 Å². The third-order valence-corrected chi connectivity index (χ3v) is 6.30. The molecule has 1 aromatic heterocycles. The number of nitrogens with one attached hydrogen (secondary N) is 1. The molecule has 1 aromatic carbocycles. The van der Waals surface area contributed by atoms with E-state index < -0.39 is 0 Å². The lowest BCUT2D eigenvalue weighted by Gasteiger charge is -2.39. The molecule has 0 radical (unpaired) electrons. The number of hydrogen-bond donors (Lipinski definition) is 1. The molecule has 154 valence electrons. The zero-order valence-electron chi connectivity index (χ0n) is 17.0. The summed E-state index contributed by atoms with van der Waals surface area (Å²) in [7, 11) is 0. The van der Waals surface area contributed by atoms with Crippen LogP contribution in [-0.2, 0) is 6.54 Å². The van der Waals surface area contributed by atoms with Crippen LogP contribution in [0.25, 0.3) is 0 Å². The molecule has 4 rings (SSSR count). The molecule has 1 aliphatic heterocycles. The normalized spacial score (nSPS) is 25.1. The second kappa shape index (κ2) is 7.13. The Morgan fingerprint density at radius 3 is 2.66 bits per heavy atom. The molecule has 1 aliphatic carbocycles. The number of aromatic nitrogens is 2. The van der Waals surface area contributed by atoms with E-state index in [-0.39, 0.29) is 33.3 Å². The smallest absolute Gasteiger partial charge is 0.353 e. The Morgan fingerprint density at radius 2 is 1.97 bits per heavy atom. The van der Waals surface area contributed by atoms with Gasteiger partial charge < -0.3 is 10.2 Å². The molecule has 1 N–H and O–H groups in total. The quantitative estimate of drug-likeness (QED) is 0.543. The largest absolute Gasteiger partial charge is 0.360 e. The third-order valence-electron chi connectivity index (χ3n) is 6.05. The van der Waals surface area contributed by atoms with Crippen molar-refractivity contribution >= 4 is 28.9 Å². The van der Waals surface area contributed by atoms with Crippen molar-refractivity contribution in [3.63, 3.8) is 0 Å². The lowest BCUT2D eigenvalue weighted by Crippen LogP contribution is -2.35. The number of benzene rings is 1. The van der Waals surface area contributed by atoms with Crippen molar-refractivity contribution in [1.82, 2.24) is 9.97 Å². The molecular formula is C21H26ClN5O2. The van der Waals surface area contributed by atoms with E-state index in [0.29, 0.717) is 17.4 Å². The van der Waals surface area contributed by atoms with Gasteiger partial charge in [0.05, 0.1) is 4.92 Å². The second-order valence-electron chi connectivity index (χ2n) is 9.47. The highest BCUT2D eigenvalue weighted by atomic mass is 35.5. The van der Waals surface area contributed by atoms with Gasteiger partial charge in [0.25, 0.3) is 0 Å². The summed E-state index contributed by atoms with van der Waals surface area (Å²) >= 11 is 5.93. The van der Waals surface area contributed by atoms with Crippen molar-refractivity contribution < 1.29 is 4.92 Å². The topological polar surface area (TPSA) is 84.2 Å². The summed E-state index contributed by atoms with van der Waals surface area (Å²) < 4.78 is 0. The van der Waals surface area contributed by atoms with Crippen molar-refractivity contribution in [3.8, 4) is 0 Å². The average Bonchev–Trinajstić information content (AvgIpc) is 2.89. The van der Waals surface area contributed by atoms with Crippen LogP contribution in [0, 0.1) is 20.9 Å². The minimum atomic E-state index is -0.366. The Labute approximate surface area is 175 Å². The number of fused-ring (bicyclic) bond motifs is 2. The van der Waals surface area contributed by atoms with Crippen molar-refractivity contribution in [3.05, 3.63) is 51.3 Å². The van der Waals surface area contributed by atoms with Gasteiger partial charge >= 0.3 is 5.69 Å². The highest BCUT2D eigenvalue weighted by molar-refractivity contribution is 6.30. The maximum atomic E-state index is 12.0. The fourth-order valence-electron chi connectivity index (χ4n) is 5.37. The maximum absolute atomic E-state index is 12.0. The molecule has 2 aromatic rings. The van der Waals surface area contributed by atoms with Crippen LogP contribution >= 0.6 is 11.6 Å². The van der Waals surface area contributed by atoms with Crippen molar-refractivity contribution in [2.45, 2.75) is 52.6 Å². The van der Waals surface area contributed by atoms with Gasteiger partial charge in [0.2, 0.25) is 11.6 Å². The van der Waals surface area contributed by atoms with Gasteiger partial charge in [-0.05, 0) is 47.8 Å². The minimum absolute atomic E-state index is 0.0459. The van der Waals surface area contributed by atoms with Crippen LogP contribution in [0.5, 0.6) is 0 Å². The Balaban J connectivity index is 1.64. The van der Waals surface area contributed by atoms with Crippen molar-refractivity contribution in [2.75, 3.05) is 16.8 Å². The van der Waals surface area contributed by atoms with E-state index in [1.165, 1.54) is 6.33 Å². The molecule has 2 bridgehead atoms. The van der Waals surface area contributed by atoms with Crippen molar-refractivity contribution in [1.29, 1.82) is 0 Å². The Kier molecular flexibility index (Phi) is 4.89. The molecule has 7 nitrogen and oxygen atoms in total. The van der Waals surface area contributed by atoms with Gasteiger partial charge in [0, 0.05) is 24.2 Å². The zero-order chi connectivity index (χ0) is 20.8. The lowest BCUT2D eigenvalue weighted by atomic mass is 9.65. The van der Waals surface area contributed by atoms with E-state index in [1.54, 1.807) is 12.1 Å². The van der Waals surface area contributed by atoms with Crippen molar-refractivity contribution in [2.24, 2.45) is 10.8 Å². The van der Waals surface area contributed by atoms with Gasteiger partial charge in [-0.25, -0.2) is 9.97 Å². The first kappa shape index (κ1) is 19.9. The summed E-state index contributed by atoms with van der Waals surface area (Å²) in [5.74, 6) is 0.677. The van der Waals surface area contributed by atoms with E-state index in [0.717, 1.165) is 31.4 Å². The molecule has 1 saturated carbocycles. The minimum Gasteiger partial charge on any atom is -0.360 e. The number of hydrogen-bond acceptors (Lipinski definition) is 6. The lowest BCUT2D eigenvalue weighted by molar-refractivity contribution is -0.383. The molecule has 0 spiro atoms. The van der Waals surface area contributed by atoms with E-state index in [4.69, 9.17) is 11.6 Å². The molecule has 1 saturated heterocycles. The van der Waals surface area contributed by atoms with Gasteiger partial charge in [-0.2, -0.15) is 0 Å². The molecular weight excluding hydrogens is 390 g/mol. The van der Waals surface area contributed by atoms with Crippen LogP contribution in [0.2, 0.25) is 5.02 Å². The zero-order valence-corrected chi connectivity index (χ0v) is 17.7. The first-order valence-electron chi connectivity index (χ1n) is 9.90. The predicted octanol–water partition coefficient (Wildman–Crippen LogP) is 5.06. The van der Waals surface area contributed by atoms with Gasteiger partial charge in [-0.3, -0.25) is 10.1 Å². The van der Waals surface area contributed by atoms with E-state index >= 15 is 0 Å². The summed E-state index contributed by atoms with van der Waals surface area (Å²) in [6.07, 6.45) is 4.60. The molecule has 8 heteroatoms. The number of halogens is 1. The fourth-order valence-corrected chi connectivity index (χ4v) is 5.50. The van der Waals surface area contributed by atoms with Gasteiger partial charge in [0.15, 0.2) is 0 Å². The van der Waals surface area contributed by atoms with Crippen LogP contribution in [0.3, 0.4) is 0 Å². The summed E-state index contributed by atoms with van der Waals surface area (Å²) in [5.41, 5.74) is 1.30. The standard InChI is InChI=1S/C21H26ClN5O2/c1-20(2)8-16-9-21(3,11-20)12-26(16)19-17(27(28)29)18(24-13-25-19)23-10-14-4-6-15(22)7-5-14/h4-7,13,16H,8-12H2,1-3H3,(H,23,24,25). The van der Waals surface area contributed by atoms with Gasteiger partial charge in [0.1, 0.15) is 6.33 Å². The summed E-state index contributed by atoms with van der Waals surface area (Å²) in [5, 5.41) is 15.8. The maximum Gasteiger partial charge on any atom is 0.353 e. The average molecular weight is 416 g/mol. The van der Waals surface area contributed by atoms with Crippen LogP contribution in [0.1, 0.15) is 45.6 Å². The van der Waals surface area contributed by atoms with Crippen LogP contribution in [0.15, 0.2) is 30.6 Å². The monoisotopic (exact) mass is 415 g/mol. The third kappa shape index (κ3) is 4.01. The summed E-state index contributed by atoms with van der Waals surface area (Å²) in [6, 6.07) is 7.63. The molecule has 2 aliphatic rings. The predicted molar refractivity (Wildman–Crippen MR) is 114 cm³/mol. The molecule has 2 unspecified atom stereocenters. The number of nitro groups is 1. The molecule has 0 amide bonds. The van der Waals surface area contributed by atoms with Crippen LogP contribution in [-0.4, -0.2) is 27.5 Å². The highest BCUT2D eigenvalue weighted by Gasteiger charge is 2.51. The fraction of sp³-hybridized carbons (Fsp3) is 0.524. The Hall–Kier alpha value is -2.41. The first-order valence-corrected chi connectivity index (χ1v) is 10.3. The van der Waals surface area contributed by atoms with Gasteiger partial charge in [-0.15, -0.1) is 0 Å². The van der Waals surface area contributed by atoms with Gasteiger partial charge in [-0.1, -0.05) is 44.5 Å². The number of nitrogens with zero attached hydrogens (tertiary/aromatic N) is 4. The Morgan fingerprint density at radius 1 is 1.24 bits per heavy atom. The summed E-state index contributed by atoms with van der Waals surface area (Å²) in [4.78, 5) is 22.3. The van der Waals surface area contributed by atoms with E-state index in [2.05, 4.69) is 41.0 Å². The van der Waals surface area contributed by atoms with Crippen LogP contribution < -0.4 is 10.2 Å². The number of rotatable bonds is 5. The Bertz CT molecular complexity index is 933. The molecule has 2 atom stereocenters. The first-order chi connectivity index (χ1) is 13.7. The van der Waals surface area contributed by atoms with Crippen LogP contribution in [0.4, 0.5) is 17.3 Å². The summed E-state index contributed by atoms with van der Waals surface area (Å²) in [6.45, 7) is 8.06. The van der Waals surface area contributed by atoms with E-state index in [1.807, 2.05) is 12.1 Å². The molecule has 2 fully saturated rings.